The summed E-state index contributed by atoms with van der Waals surface area (Å²) in [5, 5.41) is -1.04. The molecule has 0 aliphatic rings. The normalized spacial score (nSPS) is 13.4. The number of benzene rings is 1. The minimum absolute atomic E-state index is 0.217. The van der Waals surface area contributed by atoms with Crippen LogP contribution in [-0.2, 0) is 9.84 Å². The van der Waals surface area contributed by atoms with Gasteiger partial charge in [0.2, 0.25) is 0 Å². The summed E-state index contributed by atoms with van der Waals surface area (Å²) in [5.41, 5.74) is 0.221. The second-order valence-corrected chi connectivity index (χ2v) is 5.83. The molecule has 0 heterocycles. The van der Waals surface area contributed by atoms with Crippen LogP contribution in [0, 0.1) is 5.82 Å². The Hall–Kier alpha value is -1.23. The molecular weight excluding hydrogens is 231 g/mol. The number of Topliss-reactive ketones (excluding diaryl/α,β-unsaturated/α-hetero) is 1. The molecule has 5 heteroatoms. The average molecular weight is 244 g/mol. The SMILES string of the molecule is CCC(C(=O)c1ccc(F)cc1)S(C)(=O)=O. The molecule has 1 rings (SSSR count). The van der Waals surface area contributed by atoms with E-state index in [2.05, 4.69) is 0 Å². The highest BCUT2D eigenvalue weighted by Gasteiger charge is 2.27. The van der Waals surface area contributed by atoms with Gasteiger partial charge in [0.25, 0.3) is 0 Å². The molecule has 0 aromatic heterocycles. The van der Waals surface area contributed by atoms with Crippen LogP contribution in [0.25, 0.3) is 0 Å². The highest BCUT2D eigenvalue weighted by molar-refractivity contribution is 7.92. The highest BCUT2D eigenvalue weighted by atomic mass is 32.2. The molecule has 0 amide bonds. The molecule has 1 atom stereocenters. The van der Waals surface area contributed by atoms with E-state index < -0.39 is 26.7 Å². The van der Waals surface area contributed by atoms with Gasteiger partial charge < -0.3 is 0 Å². The van der Waals surface area contributed by atoms with E-state index in [0.29, 0.717) is 0 Å². The van der Waals surface area contributed by atoms with Gasteiger partial charge in [-0.05, 0) is 30.7 Å². The average Bonchev–Trinajstić information content (AvgIpc) is 2.17. The van der Waals surface area contributed by atoms with Crippen LogP contribution in [0.1, 0.15) is 23.7 Å². The quantitative estimate of drug-likeness (QED) is 0.759. The molecule has 3 nitrogen and oxygen atoms in total. The van der Waals surface area contributed by atoms with Gasteiger partial charge in [-0.15, -0.1) is 0 Å². The predicted octanol–water partition coefficient (Wildman–Crippen LogP) is 1.83. The molecule has 0 aliphatic heterocycles. The Morgan fingerprint density at radius 1 is 1.31 bits per heavy atom. The Bertz CT molecular complexity index is 476. The van der Waals surface area contributed by atoms with Gasteiger partial charge in [-0.2, -0.15) is 0 Å². The van der Waals surface area contributed by atoms with Crippen molar-refractivity contribution in [2.24, 2.45) is 0 Å². The van der Waals surface area contributed by atoms with E-state index in [0.717, 1.165) is 18.4 Å². The second-order valence-electron chi connectivity index (χ2n) is 3.60. The Balaban J connectivity index is 3.06. The van der Waals surface area contributed by atoms with E-state index in [-0.39, 0.29) is 12.0 Å². The van der Waals surface area contributed by atoms with Crippen molar-refractivity contribution in [1.29, 1.82) is 0 Å². The Labute approximate surface area is 94.2 Å². The molecule has 0 aliphatic carbocycles. The van der Waals surface area contributed by atoms with Gasteiger partial charge in [0, 0.05) is 11.8 Å². The summed E-state index contributed by atoms with van der Waals surface area (Å²) in [6.45, 7) is 1.63. The Morgan fingerprint density at radius 3 is 2.19 bits per heavy atom. The topological polar surface area (TPSA) is 51.2 Å². The van der Waals surface area contributed by atoms with Crippen LogP contribution in [0.2, 0.25) is 0 Å². The maximum Gasteiger partial charge on any atom is 0.180 e. The molecule has 88 valence electrons. The molecule has 0 bridgehead atoms. The first-order valence-electron chi connectivity index (χ1n) is 4.85. The fraction of sp³-hybridized carbons (Fsp3) is 0.364. The summed E-state index contributed by atoms with van der Waals surface area (Å²) in [6.07, 6.45) is 1.25. The first-order chi connectivity index (χ1) is 7.36. The number of ketones is 1. The van der Waals surface area contributed by atoms with Crippen molar-refractivity contribution in [3.05, 3.63) is 35.6 Å². The molecule has 0 radical (unpaired) electrons. The molecule has 0 fully saturated rings. The molecule has 0 spiro atoms. The highest BCUT2D eigenvalue weighted by Crippen LogP contribution is 2.13. The summed E-state index contributed by atoms with van der Waals surface area (Å²) in [7, 11) is -3.42. The van der Waals surface area contributed by atoms with Crippen LogP contribution in [0.15, 0.2) is 24.3 Å². The third-order valence-electron chi connectivity index (χ3n) is 2.31. The predicted molar refractivity (Wildman–Crippen MR) is 59.7 cm³/mol. The molecular formula is C11H13FO3S. The summed E-state index contributed by atoms with van der Waals surface area (Å²) < 4.78 is 35.3. The lowest BCUT2D eigenvalue weighted by Gasteiger charge is -2.11. The number of carbonyl (C=O) groups is 1. The van der Waals surface area contributed by atoms with Crippen LogP contribution in [0.3, 0.4) is 0 Å². The third-order valence-corrected chi connectivity index (χ3v) is 3.89. The summed E-state index contributed by atoms with van der Waals surface area (Å²) in [6, 6.07) is 4.88. The number of hydrogen-bond acceptors (Lipinski definition) is 3. The maximum atomic E-state index is 12.6. The van der Waals surface area contributed by atoms with Crippen LogP contribution < -0.4 is 0 Å². The summed E-state index contributed by atoms with van der Waals surface area (Å²) in [5.74, 6) is -0.936. The van der Waals surface area contributed by atoms with Gasteiger partial charge in [-0.25, -0.2) is 12.8 Å². The van der Waals surface area contributed by atoms with Crippen molar-refractivity contribution in [2.45, 2.75) is 18.6 Å². The molecule has 0 saturated carbocycles. The zero-order valence-electron chi connectivity index (χ0n) is 9.10. The molecule has 0 saturated heterocycles. The van der Waals surface area contributed by atoms with Crippen molar-refractivity contribution in [3.63, 3.8) is 0 Å². The van der Waals surface area contributed by atoms with Crippen LogP contribution >= 0.6 is 0 Å². The van der Waals surface area contributed by atoms with Crippen molar-refractivity contribution in [1.82, 2.24) is 0 Å². The molecule has 1 aromatic rings. The van der Waals surface area contributed by atoms with Gasteiger partial charge in [0.15, 0.2) is 15.6 Å². The lowest BCUT2D eigenvalue weighted by molar-refractivity contribution is 0.0985. The van der Waals surface area contributed by atoms with Crippen LogP contribution in [-0.4, -0.2) is 25.7 Å². The monoisotopic (exact) mass is 244 g/mol. The number of rotatable bonds is 4. The van der Waals surface area contributed by atoms with Crippen molar-refractivity contribution >= 4 is 15.6 Å². The summed E-state index contributed by atoms with van der Waals surface area (Å²) in [4.78, 5) is 11.8. The van der Waals surface area contributed by atoms with E-state index in [4.69, 9.17) is 0 Å². The van der Waals surface area contributed by atoms with Crippen molar-refractivity contribution in [3.8, 4) is 0 Å². The van der Waals surface area contributed by atoms with E-state index in [1.165, 1.54) is 12.1 Å². The van der Waals surface area contributed by atoms with Crippen molar-refractivity contribution in [2.75, 3.05) is 6.26 Å². The standard InChI is InChI=1S/C11H13FO3S/c1-3-10(16(2,14)15)11(13)8-4-6-9(12)7-5-8/h4-7,10H,3H2,1-2H3. The number of hydrogen-bond donors (Lipinski definition) is 0. The number of sulfone groups is 1. The smallest absolute Gasteiger partial charge is 0.180 e. The van der Waals surface area contributed by atoms with Gasteiger partial charge in [0.05, 0.1) is 0 Å². The number of carbonyl (C=O) groups excluding carboxylic acids is 1. The fourth-order valence-corrected chi connectivity index (χ4v) is 2.61. The zero-order valence-corrected chi connectivity index (χ0v) is 9.92. The van der Waals surface area contributed by atoms with E-state index in [9.17, 15) is 17.6 Å². The maximum absolute atomic E-state index is 12.6. The van der Waals surface area contributed by atoms with E-state index in [1.807, 2.05) is 0 Å². The first kappa shape index (κ1) is 12.8. The molecule has 16 heavy (non-hydrogen) atoms. The Morgan fingerprint density at radius 2 is 1.81 bits per heavy atom. The van der Waals surface area contributed by atoms with Crippen molar-refractivity contribution < 1.29 is 17.6 Å². The summed E-state index contributed by atoms with van der Waals surface area (Å²) >= 11 is 0. The van der Waals surface area contributed by atoms with Gasteiger partial charge >= 0.3 is 0 Å². The number of halogens is 1. The van der Waals surface area contributed by atoms with Crippen LogP contribution in [0.5, 0.6) is 0 Å². The minimum atomic E-state index is -3.42. The van der Waals surface area contributed by atoms with Gasteiger partial charge in [0.1, 0.15) is 11.1 Å². The first-order valence-corrected chi connectivity index (χ1v) is 6.80. The van der Waals surface area contributed by atoms with Gasteiger partial charge in [-0.1, -0.05) is 6.92 Å². The third kappa shape index (κ3) is 2.88. The van der Waals surface area contributed by atoms with E-state index in [1.54, 1.807) is 6.92 Å². The van der Waals surface area contributed by atoms with E-state index >= 15 is 0 Å². The second kappa shape index (κ2) is 4.74. The zero-order chi connectivity index (χ0) is 12.3. The molecule has 0 N–H and O–H groups in total. The molecule has 1 unspecified atom stereocenters. The van der Waals surface area contributed by atoms with Gasteiger partial charge in [-0.3, -0.25) is 4.79 Å². The fourth-order valence-electron chi connectivity index (χ4n) is 1.48. The van der Waals surface area contributed by atoms with Crippen LogP contribution in [0.4, 0.5) is 4.39 Å². The minimum Gasteiger partial charge on any atom is -0.293 e. The lowest BCUT2D eigenvalue weighted by Crippen LogP contribution is -2.28. The lowest BCUT2D eigenvalue weighted by atomic mass is 10.1. The largest absolute Gasteiger partial charge is 0.293 e. The Kier molecular flexibility index (Phi) is 3.80. The molecule has 1 aromatic carbocycles.